The number of aliphatic hydroxyl groups is 1. The fourth-order valence-corrected chi connectivity index (χ4v) is 3.53. The summed E-state index contributed by atoms with van der Waals surface area (Å²) >= 11 is 0. The number of hydrogen-bond acceptors (Lipinski definition) is 2. The van der Waals surface area contributed by atoms with E-state index in [9.17, 15) is 4.79 Å². The molecule has 0 saturated heterocycles. The van der Waals surface area contributed by atoms with Crippen LogP contribution < -0.4 is 12.4 Å². The predicted octanol–water partition coefficient (Wildman–Crippen LogP) is -0.201. The highest BCUT2D eigenvalue weighted by Gasteiger charge is 2.27. The lowest BCUT2D eigenvalue weighted by molar-refractivity contribution is -0.870. The van der Waals surface area contributed by atoms with E-state index < -0.39 is 0 Å². The Kier molecular flexibility index (Phi) is 11.9. The van der Waals surface area contributed by atoms with Crippen LogP contribution in [0.2, 0.25) is 0 Å². The van der Waals surface area contributed by atoms with Crippen molar-refractivity contribution in [3.05, 3.63) is 0 Å². The van der Waals surface area contributed by atoms with Crippen molar-refractivity contribution in [2.24, 2.45) is 0 Å². The van der Waals surface area contributed by atoms with Gasteiger partial charge in [-0.25, -0.2) is 0 Å². The summed E-state index contributed by atoms with van der Waals surface area (Å²) in [6.07, 6.45) is 14.1. The molecule has 2 saturated carbocycles. The molecule has 0 spiro atoms. The summed E-state index contributed by atoms with van der Waals surface area (Å²) < 4.78 is 0.844. The van der Waals surface area contributed by atoms with Crippen LogP contribution in [0.4, 0.5) is 0 Å². The second kappa shape index (κ2) is 12.1. The van der Waals surface area contributed by atoms with Crippen molar-refractivity contribution in [3.8, 4) is 0 Å². The zero-order valence-corrected chi connectivity index (χ0v) is 16.1. The van der Waals surface area contributed by atoms with Gasteiger partial charge in [0.2, 0.25) is 6.41 Å². The maximum Gasteiger partial charge on any atom is 0.210 e. The maximum absolute atomic E-state index is 11.2. The standard InChI is InChI=1S/C13H23NO.C5H14NO.ClH/c15-11-14(12-7-3-1-4-8-12)13-9-5-2-6-10-13;1-6(2,3)4-5-7;/h11-13H,1-10H2;7H,4-5H2,1-3H3;1H/q;+1;/p-1. The first kappa shape index (κ1) is 22.7. The minimum absolute atomic E-state index is 0. The first-order chi connectivity index (χ1) is 10.5. The number of likely N-dealkylation sites (N-methyl/N-ethyl adjacent to an activating group) is 1. The van der Waals surface area contributed by atoms with Crippen LogP contribution in [0, 0.1) is 0 Å². The molecule has 1 N–H and O–H groups in total. The quantitative estimate of drug-likeness (QED) is 0.552. The van der Waals surface area contributed by atoms with Gasteiger partial charge in [-0.2, -0.15) is 0 Å². The van der Waals surface area contributed by atoms with Gasteiger partial charge in [-0.15, -0.1) is 0 Å². The number of halogens is 1. The molecule has 2 aliphatic carbocycles. The minimum atomic E-state index is 0. The van der Waals surface area contributed by atoms with Gasteiger partial charge in [0, 0.05) is 12.1 Å². The van der Waals surface area contributed by atoms with E-state index >= 15 is 0 Å². The number of hydrogen-bond donors (Lipinski definition) is 1. The highest BCUT2D eigenvalue weighted by Crippen LogP contribution is 2.28. The summed E-state index contributed by atoms with van der Waals surface area (Å²) in [5.41, 5.74) is 0. The van der Waals surface area contributed by atoms with Crippen LogP contribution >= 0.6 is 0 Å². The molecule has 0 aromatic carbocycles. The van der Waals surface area contributed by atoms with Gasteiger partial charge in [0.1, 0.15) is 6.54 Å². The minimum Gasteiger partial charge on any atom is -1.00 e. The van der Waals surface area contributed by atoms with Crippen molar-refractivity contribution < 1.29 is 26.8 Å². The van der Waals surface area contributed by atoms with Crippen molar-refractivity contribution in [1.82, 2.24) is 4.90 Å². The fraction of sp³-hybridized carbons (Fsp3) is 0.944. The van der Waals surface area contributed by atoms with Crippen LogP contribution in [-0.4, -0.2) is 67.3 Å². The summed E-state index contributed by atoms with van der Waals surface area (Å²) in [5, 5.41) is 8.39. The molecule has 2 aliphatic rings. The van der Waals surface area contributed by atoms with Gasteiger partial charge >= 0.3 is 0 Å². The Labute approximate surface area is 149 Å². The number of rotatable bonds is 5. The largest absolute Gasteiger partial charge is 1.00 e. The fourth-order valence-electron chi connectivity index (χ4n) is 3.53. The second-order valence-electron chi connectivity index (χ2n) is 7.87. The Hall–Kier alpha value is -0.320. The Morgan fingerprint density at radius 2 is 1.30 bits per heavy atom. The van der Waals surface area contributed by atoms with E-state index in [-0.39, 0.29) is 19.0 Å². The average molecular weight is 349 g/mol. The summed E-state index contributed by atoms with van der Waals surface area (Å²) in [5.74, 6) is 0. The normalized spacial score (nSPS) is 20.0. The predicted molar refractivity (Wildman–Crippen MR) is 91.6 cm³/mol. The molecule has 0 radical (unpaired) electrons. The summed E-state index contributed by atoms with van der Waals surface area (Å²) in [6, 6.07) is 1.14. The Bertz CT molecular complexity index is 278. The maximum atomic E-state index is 11.2. The zero-order valence-electron chi connectivity index (χ0n) is 15.3. The Morgan fingerprint density at radius 1 is 0.913 bits per heavy atom. The number of aliphatic hydroxyl groups excluding tert-OH is 1. The van der Waals surface area contributed by atoms with Crippen LogP contribution in [0.15, 0.2) is 0 Å². The number of quaternary nitrogens is 1. The zero-order chi connectivity index (χ0) is 16.4. The Balaban J connectivity index is 0.000000522. The molecule has 0 aromatic rings. The number of amides is 1. The molecule has 0 aromatic heterocycles. The van der Waals surface area contributed by atoms with E-state index in [1.165, 1.54) is 64.2 Å². The van der Waals surface area contributed by atoms with E-state index in [0.717, 1.165) is 17.4 Å². The molecule has 0 bridgehead atoms. The third-order valence-electron chi connectivity index (χ3n) is 4.89. The first-order valence-electron chi connectivity index (χ1n) is 9.12. The molecule has 0 atom stereocenters. The molecule has 23 heavy (non-hydrogen) atoms. The van der Waals surface area contributed by atoms with Crippen molar-refractivity contribution in [1.29, 1.82) is 0 Å². The van der Waals surface area contributed by atoms with Crippen molar-refractivity contribution in [2.75, 3.05) is 34.3 Å². The molecule has 1 amide bonds. The van der Waals surface area contributed by atoms with Gasteiger partial charge < -0.3 is 26.9 Å². The molecule has 0 aliphatic heterocycles. The molecule has 5 heteroatoms. The van der Waals surface area contributed by atoms with Gasteiger partial charge in [-0.1, -0.05) is 38.5 Å². The van der Waals surface area contributed by atoms with Crippen molar-refractivity contribution in [3.63, 3.8) is 0 Å². The average Bonchev–Trinajstić information content (AvgIpc) is 2.50. The summed E-state index contributed by atoms with van der Waals surface area (Å²) in [7, 11) is 6.16. The number of carbonyl (C=O) groups excluding carboxylic acids is 1. The van der Waals surface area contributed by atoms with Crippen molar-refractivity contribution >= 4 is 6.41 Å². The molecule has 0 unspecified atom stereocenters. The molecule has 2 fully saturated rings. The molecule has 138 valence electrons. The van der Waals surface area contributed by atoms with E-state index in [2.05, 4.69) is 26.0 Å². The van der Waals surface area contributed by atoms with Gasteiger partial charge in [-0.3, -0.25) is 4.79 Å². The highest BCUT2D eigenvalue weighted by molar-refractivity contribution is 5.48. The number of nitrogens with zero attached hydrogens (tertiary/aromatic N) is 2. The first-order valence-corrected chi connectivity index (χ1v) is 9.12. The van der Waals surface area contributed by atoms with Crippen LogP contribution in [0.1, 0.15) is 64.2 Å². The van der Waals surface area contributed by atoms with E-state index in [0.29, 0.717) is 12.1 Å². The summed E-state index contributed by atoms with van der Waals surface area (Å²) in [4.78, 5) is 13.4. The van der Waals surface area contributed by atoms with Gasteiger partial charge in [-0.05, 0) is 25.7 Å². The molecular formula is C18H37ClN2O2. The third-order valence-corrected chi connectivity index (χ3v) is 4.89. The number of carbonyl (C=O) groups is 1. The van der Waals surface area contributed by atoms with E-state index in [1.54, 1.807) is 0 Å². The van der Waals surface area contributed by atoms with Gasteiger partial charge in [0.25, 0.3) is 0 Å². The lowest BCUT2D eigenvalue weighted by Gasteiger charge is -2.39. The third kappa shape index (κ3) is 9.53. The molecular weight excluding hydrogens is 312 g/mol. The lowest BCUT2D eigenvalue weighted by Crippen LogP contribution is -3.00. The van der Waals surface area contributed by atoms with E-state index in [1.807, 2.05) is 0 Å². The SMILES string of the molecule is C[N+](C)(C)CCO.O=CN(C1CCCCC1)C1CCCCC1.[Cl-]. The van der Waals surface area contributed by atoms with Crippen LogP contribution in [0.5, 0.6) is 0 Å². The molecule has 2 rings (SSSR count). The van der Waals surface area contributed by atoms with Crippen LogP contribution in [0.3, 0.4) is 0 Å². The van der Waals surface area contributed by atoms with Gasteiger partial charge in [0.05, 0.1) is 27.7 Å². The van der Waals surface area contributed by atoms with Gasteiger partial charge in [0.15, 0.2) is 0 Å². The lowest BCUT2D eigenvalue weighted by atomic mass is 9.89. The van der Waals surface area contributed by atoms with Crippen molar-refractivity contribution in [2.45, 2.75) is 76.3 Å². The molecule has 0 heterocycles. The highest BCUT2D eigenvalue weighted by atomic mass is 35.5. The Morgan fingerprint density at radius 3 is 1.52 bits per heavy atom. The smallest absolute Gasteiger partial charge is 0.210 e. The van der Waals surface area contributed by atoms with Crippen LogP contribution in [0.25, 0.3) is 0 Å². The monoisotopic (exact) mass is 348 g/mol. The second-order valence-corrected chi connectivity index (χ2v) is 7.87. The van der Waals surface area contributed by atoms with E-state index in [4.69, 9.17) is 5.11 Å². The summed E-state index contributed by atoms with van der Waals surface area (Å²) in [6.45, 7) is 1.11. The van der Waals surface area contributed by atoms with Crippen LogP contribution in [-0.2, 0) is 4.79 Å². The molecule has 4 nitrogen and oxygen atoms in total. The topological polar surface area (TPSA) is 40.5 Å².